The van der Waals surface area contributed by atoms with E-state index in [-0.39, 0.29) is 11.5 Å². The van der Waals surface area contributed by atoms with E-state index in [9.17, 15) is 10.1 Å². The van der Waals surface area contributed by atoms with Crippen LogP contribution in [0.25, 0.3) is 0 Å². The highest BCUT2D eigenvalue weighted by atomic mass is 16.6. The molecule has 1 aliphatic rings. The van der Waals surface area contributed by atoms with Crippen LogP contribution in [0.1, 0.15) is 96.3 Å². The first-order valence-corrected chi connectivity index (χ1v) is 8.91. The van der Waals surface area contributed by atoms with Gasteiger partial charge in [-0.3, -0.25) is 10.1 Å². The van der Waals surface area contributed by atoms with Crippen molar-refractivity contribution < 1.29 is 4.92 Å². The first kappa shape index (κ1) is 17.5. The normalized spacial score (nSPS) is 15.8. The standard InChI is InChI=1S/C17H33NO2/c19-18(20)16-12-8-6-4-2-1-3-5-7-9-13-17-14-10-11-15-17/h17H,1-16H2. The van der Waals surface area contributed by atoms with Gasteiger partial charge in [0, 0.05) is 11.3 Å². The largest absolute Gasteiger partial charge is 0.265 e. The van der Waals surface area contributed by atoms with Crippen LogP contribution in [-0.4, -0.2) is 11.5 Å². The zero-order valence-electron chi connectivity index (χ0n) is 13.2. The lowest BCUT2D eigenvalue weighted by Gasteiger charge is -2.07. The van der Waals surface area contributed by atoms with Crippen LogP contribution in [0.3, 0.4) is 0 Å². The molecule has 1 rings (SSSR count). The number of nitrogens with zero attached hydrogens (tertiary/aromatic N) is 1. The van der Waals surface area contributed by atoms with E-state index in [1.807, 2.05) is 0 Å². The molecule has 1 saturated carbocycles. The number of nitro groups is 1. The van der Waals surface area contributed by atoms with Crippen molar-refractivity contribution in [2.45, 2.75) is 96.3 Å². The molecule has 0 aliphatic heterocycles. The molecular formula is C17H33NO2. The summed E-state index contributed by atoms with van der Waals surface area (Å²) in [6.45, 7) is 0.154. The number of hydrogen-bond acceptors (Lipinski definition) is 2. The van der Waals surface area contributed by atoms with Crippen molar-refractivity contribution in [1.29, 1.82) is 0 Å². The van der Waals surface area contributed by atoms with Crippen LogP contribution in [-0.2, 0) is 0 Å². The first-order chi connectivity index (χ1) is 9.79. The summed E-state index contributed by atoms with van der Waals surface area (Å²) < 4.78 is 0. The minimum atomic E-state index is -0.203. The molecule has 20 heavy (non-hydrogen) atoms. The van der Waals surface area contributed by atoms with Crippen molar-refractivity contribution in [3.8, 4) is 0 Å². The smallest absolute Gasteiger partial charge is 0.203 e. The van der Waals surface area contributed by atoms with E-state index in [4.69, 9.17) is 0 Å². The Kier molecular flexibility index (Phi) is 10.6. The molecule has 0 N–H and O–H groups in total. The van der Waals surface area contributed by atoms with Crippen LogP contribution in [0.5, 0.6) is 0 Å². The first-order valence-electron chi connectivity index (χ1n) is 8.91. The fourth-order valence-corrected chi connectivity index (χ4v) is 3.39. The summed E-state index contributed by atoms with van der Waals surface area (Å²) in [4.78, 5) is 9.95. The highest BCUT2D eigenvalue weighted by Crippen LogP contribution is 2.29. The highest BCUT2D eigenvalue weighted by molar-refractivity contribution is 4.66. The van der Waals surface area contributed by atoms with Crippen molar-refractivity contribution in [3.63, 3.8) is 0 Å². The van der Waals surface area contributed by atoms with Crippen molar-refractivity contribution in [3.05, 3.63) is 10.1 Å². The third-order valence-corrected chi connectivity index (χ3v) is 4.68. The van der Waals surface area contributed by atoms with Crippen LogP contribution in [0.15, 0.2) is 0 Å². The zero-order chi connectivity index (χ0) is 14.5. The van der Waals surface area contributed by atoms with E-state index in [0.29, 0.717) is 0 Å². The Morgan fingerprint density at radius 2 is 1.20 bits per heavy atom. The van der Waals surface area contributed by atoms with Crippen LogP contribution in [0.2, 0.25) is 0 Å². The monoisotopic (exact) mass is 283 g/mol. The van der Waals surface area contributed by atoms with E-state index >= 15 is 0 Å². The molecular weight excluding hydrogens is 250 g/mol. The van der Waals surface area contributed by atoms with Gasteiger partial charge in [0.15, 0.2) is 0 Å². The summed E-state index contributed by atoms with van der Waals surface area (Å²) >= 11 is 0. The van der Waals surface area contributed by atoms with Gasteiger partial charge in [-0.1, -0.05) is 83.5 Å². The Morgan fingerprint density at radius 1 is 0.750 bits per heavy atom. The highest BCUT2D eigenvalue weighted by Gasteiger charge is 2.13. The van der Waals surface area contributed by atoms with Crippen LogP contribution >= 0.6 is 0 Å². The lowest BCUT2D eigenvalue weighted by atomic mass is 9.99. The Morgan fingerprint density at radius 3 is 1.70 bits per heavy atom. The molecule has 0 saturated heterocycles. The molecule has 3 heteroatoms. The average Bonchev–Trinajstić information content (AvgIpc) is 2.93. The number of hydrogen-bond donors (Lipinski definition) is 0. The molecule has 0 bridgehead atoms. The molecule has 0 unspecified atom stereocenters. The van der Waals surface area contributed by atoms with Crippen LogP contribution in [0, 0.1) is 16.0 Å². The molecule has 3 nitrogen and oxygen atoms in total. The molecule has 0 spiro atoms. The summed E-state index contributed by atoms with van der Waals surface area (Å²) in [5, 5.41) is 10.1. The Bertz CT molecular complexity index is 237. The topological polar surface area (TPSA) is 43.1 Å². The SMILES string of the molecule is O=[N+]([O-])CCCCCCCCCCCCC1CCCC1. The summed E-state index contributed by atoms with van der Waals surface area (Å²) in [5.74, 6) is 1.06. The molecule has 0 aromatic rings. The minimum absolute atomic E-state index is 0.154. The van der Waals surface area contributed by atoms with Crippen molar-refractivity contribution in [2.75, 3.05) is 6.54 Å². The summed E-state index contributed by atoms with van der Waals surface area (Å²) in [5.41, 5.74) is 0. The molecule has 0 heterocycles. The lowest BCUT2D eigenvalue weighted by Crippen LogP contribution is -1.99. The van der Waals surface area contributed by atoms with Gasteiger partial charge in [-0.05, 0) is 12.3 Å². The maximum atomic E-state index is 10.1. The van der Waals surface area contributed by atoms with Gasteiger partial charge in [0.1, 0.15) is 0 Å². The molecule has 0 atom stereocenters. The Balaban J connectivity index is 1.69. The molecule has 1 fully saturated rings. The second-order valence-corrected chi connectivity index (χ2v) is 6.53. The van der Waals surface area contributed by atoms with Gasteiger partial charge in [-0.15, -0.1) is 0 Å². The van der Waals surface area contributed by atoms with Gasteiger partial charge < -0.3 is 0 Å². The quantitative estimate of drug-likeness (QED) is 0.245. The van der Waals surface area contributed by atoms with Gasteiger partial charge in [-0.25, -0.2) is 0 Å². The summed E-state index contributed by atoms with van der Waals surface area (Å²) in [7, 11) is 0. The second kappa shape index (κ2) is 12.2. The van der Waals surface area contributed by atoms with E-state index < -0.39 is 0 Å². The third kappa shape index (κ3) is 10.2. The lowest BCUT2D eigenvalue weighted by molar-refractivity contribution is -0.480. The maximum Gasteiger partial charge on any atom is 0.203 e. The predicted molar refractivity (Wildman–Crippen MR) is 84.6 cm³/mol. The second-order valence-electron chi connectivity index (χ2n) is 6.53. The maximum absolute atomic E-state index is 10.1. The summed E-state index contributed by atoms with van der Waals surface area (Å²) in [6, 6.07) is 0. The molecule has 0 aromatic carbocycles. The Labute approximate surface area is 124 Å². The minimum Gasteiger partial charge on any atom is -0.265 e. The molecule has 1 aliphatic carbocycles. The molecule has 0 aromatic heterocycles. The van der Waals surface area contributed by atoms with Crippen molar-refractivity contribution in [1.82, 2.24) is 0 Å². The number of rotatable bonds is 13. The van der Waals surface area contributed by atoms with Crippen LogP contribution in [0.4, 0.5) is 0 Å². The number of unbranched alkanes of at least 4 members (excludes halogenated alkanes) is 9. The molecule has 118 valence electrons. The van der Waals surface area contributed by atoms with Gasteiger partial charge >= 0.3 is 0 Å². The van der Waals surface area contributed by atoms with Crippen LogP contribution < -0.4 is 0 Å². The van der Waals surface area contributed by atoms with E-state index in [1.54, 1.807) is 0 Å². The molecule has 0 amide bonds. The molecule has 0 radical (unpaired) electrons. The fourth-order valence-electron chi connectivity index (χ4n) is 3.39. The Hall–Kier alpha value is -0.600. The van der Waals surface area contributed by atoms with Gasteiger partial charge in [0.25, 0.3) is 0 Å². The average molecular weight is 283 g/mol. The predicted octanol–water partition coefficient (Wildman–Crippen LogP) is 5.74. The van der Waals surface area contributed by atoms with Gasteiger partial charge in [0.05, 0.1) is 0 Å². The van der Waals surface area contributed by atoms with Gasteiger partial charge in [0.2, 0.25) is 6.54 Å². The van der Waals surface area contributed by atoms with E-state index in [2.05, 4.69) is 0 Å². The fraction of sp³-hybridized carbons (Fsp3) is 1.00. The zero-order valence-corrected chi connectivity index (χ0v) is 13.2. The van der Waals surface area contributed by atoms with E-state index in [0.717, 1.165) is 18.8 Å². The van der Waals surface area contributed by atoms with Crippen molar-refractivity contribution in [2.24, 2.45) is 5.92 Å². The van der Waals surface area contributed by atoms with Gasteiger partial charge in [-0.2, -0.15) is 0 Å². The summed E-state index contributed by atoms with van der Waals surface area (Å²) in [6.07, 6.45) is 20.0. The van der Waals surface area contributed by atoms with Crippen molar-refractivity contribution >= 4 is 0 Å². The third-order valence-electron chi connectivity index (χ3n) is 4.68. The van der Waals surface area contributed by atoms with E-state index in [1.165, 1.54) is 83.5 Å².